The van der Waals surface area contributed by atoms with Crippen LogP contribution in [0.5, 0.6) is 17.2 Å². The van der Waals surface area contributed by atoms with Gasteiger partial charge < -0.3 is 43.7 Å². The molecule has 0 aromatic heterocycles. The fraction of sp³-hybridized carbons (Fsp3) is 0.308. The molecule has 0 radical (unpaired) electrons. The summed E-state index contributed by atoms with van der Waals surface area (Å²) in [6.07, 6.45) is -1.39. The highest BCUT2D eigenvalue weighted by atomic mass is 16.6. The van der Waals surface area contributed by atoms with Gasteiger partial charge in [0.05, 0.1) is 13.2 Å². The molecule has 12 nitrogen and oxygen atoms in total. The van der Waals surface area contributed by atoms with E-state index in [-0.39, 0.29) is 38.5 Å². The predicted molar refractivity (Wildman–Crippen MR) is 191 cm³/mol. The number of phenols is 1. The Labute approximate surface area is 299 Å². The maximum absolute atomic E-state index is 11.2. The van der Waals surface area contributed by atoms with Gasteiger partial charge in [0.2, 0.25) is 0 Å². The zero-order valence-electron chi connectivity index (χ0n) is 29.3. The average molecular weight is 709 g/mol. The third kappa shape index (κ3) is 22.8. The van der Waals surface area contributed by atoms with E-state index in [4.69, 9.17) is 38.6 Å². The first kappa shape index (κ1) is 43.6. The molecular formula is C39H48O12. The Kier molecular flexibility index (Phi) is 21.8. The van der Waals surface area contributed by atoms with Crippen molar-refractivity contribution >= 4 is 17.9 Å². The average Bonchev–Trinajstić information content (AvgIpc) is 3.97. The molecular weight excluding hydrogens is 660 g/mol. The van der Waals surface area contributed by atoms with Crippen molar-refractivity contribution in [2.24, 2.45) is 0 Å². The van der Waals surface area contributed by atoms with E-state index in [1.165, 1.54) is 0 Å². The highest BCUT2D eigenvalue weighted by Gasteiger charge is 2.24. The second-order valence-electron chi connectivity index (χ2n) is 10.9. The molecule has 276 valence electrons. The highest BCUT2D eigenvalue weighted by molar-refractivity contribution is 5.87. The van der Waals surface area contributed by atoms with Gasteiger partial charge in [-0.15, -0.1) is 0 Å². The van der Waals surface area contributed by atoms with Crippen LogP contribution in [0.25, 0.3) is 0 Å². The van der Waals surface area contributed by atoms with Crippen LogP contribution >= 0.6 is 0 Å². The molecule has 0 saturated carbocycles. The Balaban J connectivity index is 0.000000358. The minimum atomic E-state index is -0.849. The number of phenolic OH excluding ortho intramolecular Hbond substituents is 1. The van der Waals surface area contributed by atoms with Crippen LogP contribution in [-0.2, 0) is 33.3 Å². The first-order chi connectivity index (χ1) is 24.3. The number of hydrogen-bond acceptors (Lipinski definition) is 12. The molecule has 0 spiro atoms. The molecule has 1 fully saturated rings. The number of benzene rings is 3. The summed E-state index contributed by atoms with van der Waals surface area (Å²) in [5.74, 6) is 0.276. The van der Waals surface area contributed by atoms with Crippen LogP contribution in [0, 0.1) is 0 Å². The number of carbonyl (C=O) groups is 3. The Morgan fingerprint density at radius 3 is 1.53 bits per heavy atom. The van der Waals surface area contributed by atoms with Crippen LogP contribution in [-0.4, -0.2) is 91.2 Å². The standard InChI is InChI=1S/2C13H16O4.C7H10O3.C6H6O/c1-10(2)13(15)17-9-11(14)8-16-12-6-4-3-5-7-12;1-10(2)13(15)17-12(8-14)9-16-11-6-4-3-5-7-11;1-5(2)7(8)10-4-6-3-9-6;7-6-4-2-1-3-5-6/h3-7,11,14H,1,8-9H2,2H3;3-7,12,14H,1,8-9H2,2H3;6H,1,3-4H2,2H3;1-5,7H. The largest absolute Gasteiger partial charge is 0.508 e. The van der Waals surface area contributed by atoms with E-state index in [9.17, 15) is 19.5 Å². The number of aliphatic hydroxyl groups is 2. The number of carbonyl (C=O) groups excluding carboxylic acids is 3. The van der Waals surface area contributed by atoms with Gasteiger partial charge in [-0.1, -0.05) is 74.3 Å². The van der Waals surface area contributed by atoms with Crippen LogP contribution in [0.2, 0.25) is 0 Å². The normalized spacial score (nSPS) is 13.2. The number of hydrogen-bond donors (Lipinski definition) is 3. The smallest absolute Gasteiger partial charge is 0.333 e. The van der Waals surface area contributed by atoms with Crippen molar-refractivity contribution in [1.29, 1.82) is 0 Å². The molecule has 3 aromatic carbocycles. The van der Waals surface area contributed by atoms with Crippen LogP contribution < -0.4 is 9.47 Å². The molecule has 3 atom stereocenters. The van der Waals surface area contributed by atoms with Crippen molar-refractivity contribution in [3.05, 3.63) is 127 Å². The van der Waals surface area contributed by atoms with E-state index < -0.39 is 24.1 Å². The summed E-state index contributed by atoms with van der Waals surface area (Å²) >= 11 is 0. The van der Waals surface area contributed by atoms with Gasteiger partial charge in [-0.2, -0.15) is 0 Å². The second kappa shape index (κ2) is 25.5. The Morgan fingerprint density at radius 1 is 0.706 bits per heavy atom. The van der Waals surface area contributed by atoms with Crippen molar-refractivity contribution in [2.45, 2.75) is 39.1 Å². The molecule has 0 aliphatic carbocycles. The van der Waals surface area contributed by atoms with Crippen LogP contribution in [0.1, 0.15) is 20.8 Å². The summed E-state index contributed by atoms with van der Waals surface area (Å²) < 4.78 is 30.0. The van der Waals surface area contributed by atoms with E-state index >= 15 is 0 Å². The zero-order chi connectivity index (χ0) is 38.0. The summed E-state index contributed by atoms with van der Waals surface area (Å²) in [6, 6.07) is 26.9. The quantitative estimate of drug-likeness (QED) is 0.0838. The monoisotopic (exact) mass is 708 g/mol. The number of ether oxygens (including phenoxy) is 6. The first-order valence-corrected chi connectivity index (χ1v) is 15.8. The van der Waals surface area contributed by atoms with E-state index in [1.54, 1.807) is 69.3 Å². The zero-order valence-corrected chi connectivity index (χ0v) is 29.3. The van der Waals surface area contributed by atoms with E-state index in [0.717, 1.165) is 0 Å². The Morgan fingerprint density at radius 2 is 1.14 bits per heavy atom. The van der Waals surface area contributed by atoms with Gasteiger partial charge in [0.1, 0.15) is 55.9 Å². The van der Waals surface area contributed by atoms with Crippen LogP contribution in [0.4, 0.5) is 0 Å². The summed E-state index contributed by atoms with van der Waals surface area (Å²) in [6.45, 7) is 15.9. The SMILES string of the molecule is C=C(C)C(=O)OC(CO)COc1ccccc1.C=C(C)C(=O)OCC(O)COc1ccccc1.C=C(C)C(=O)OCC1CO1.Oc1ccccc1. The van der Waals surface area contributed by atoms with E-state index in [0.29, 0.717) is 47.2 Å². The van der Waals surface area contributed by atoms with Gasteiger partial charge in [-0.25, -0.2) is 14.4 Å². The third-order valence-electron chi connectivity index (χ3n) is 5.85. The maximum Gasteiger partial charge on any atom is 0.333 e. The lowest BCUT2D eigenvalue weighted by atomic mass is 10.3. The molecule has 1 aliphatic heterocycles. The number of aromatic hydroxyl groups is 1. The van der Waals surface area contributed by atoms with Gasteiger partial charge >= 0.3 is 17.9 Å². The molecule has 51 heavy (non-hydrogen) atoms. The molecule has 12 heteroatoms. The van der Waals surface area contributed by atoms with Crippen molar-refractivity contribution in [1.82, 2.24) is 0 Å². The summed E-state index contributed by atoms with van der Waals surface area (Å²) in [5, 5.41) is 27.2. The summed E-state index contributed by atoms with van der Waals surface area (Å²) in [5.41, 5.74) is 1.03. The van der Waals surface area contributed by atoms with Crippen molar-refractivity contribution in [3.63, 3.8) is 0 Å². The lowest BCUT2D eigenvalue weighted by molar-refractivity contribution is -0.148. The number of esters is 3. The molecule has 4 rings (SSSR count). The van der Waals surface area contributed by atoms with Gasteiger partial charge in [0.15, 0.2) is 6.10 Å². The fourth-order valence-electron chi connectivity index (χ4n) is 3.02. The van der Waals surface area contributed by atoms with Crippen molar-refractivity contribution in [2.75, 3.05) is 39.6 Å². The van der Waals surface area contributed by atoms with Gasteiger partial charge in [-0.05, 0) is 57.2 Å². The van der Waals surface area contributed by atoms with Crippen LogP contribution in [0.3, 0.4) is 0 Å². The number of rotatable bonds is 15. The van der Waals surface area contributed by atoms with E-state index in [1.807, 2.05) is 42.5 Å². The molecule has 1 saturated heterocycles. The van der Waals surface area contributed by atoms with Crippen molar-refractivity contribution < 1.29 is 58.1 Å². The van der Waals surface area contributed by atoms with Gasteiger partial charge in [0.25, 0.3) is 0 Å². The molecule has 0 amide bonds. The molecule has 1 heterocycles. The molecule has 1 aliphatic rings. The first-order valence-electron chi connectivity index (χ1n) is 15.8. The van der Waals surface area contributed by atoms with Gasteiger partial charge in [-0.3, -0.25) is 0 Å². The second-order valence-corrected chi connectivity index (χ2v) is 10.9. The molecule has 0 bridgehead atoms. The lowest BCUT2D eigenvalue weighted by Gasteiger charge is -2.16. The number of aliphatic hydroxyl groups excluding tert-OH is 2. The molecule has 3 aromatic rings. The van der Waals surface area contributed by atoms with Crippen LogP contribution in [0.15, 0.2) is 127 Å². The van der Waals surface area contributed by atoms with E-state index in [2.05, 4.69) is 19.7 Å². The summed E-state index contributed by atoms with van der Waals surface area (Å²) in [7, 11) is 0. The topological polar surface area (TPSA) is 171 Å². The molecule has 3 unspecified atom stereocenters. The summed E-state index contributed by atoms with van der Waals surface area (Å²) in [4.78, 5) is 33.0. The molecule has 3 N–H and O–H groups in total. The Bertz CT molecular complexity index is 1470. The highest BCUT2D eigenvalue weighted by Crippen LogP contribution is 2.11. The maximum atomic E-state index is 11.2. The van der Waals surface area contributed by atoms with Gasteiger partial charge in [0, 0.05) is 16.7 Å². The lowest BCUT2D eigenvalue weighted by Crippen LogP contribution is -2.28. The van der Waals surface area contributed by atoms with Crippen molar-refractivity contribution in [3.8, 4) is 17.2 Å². The minimum absolute atomic E-state index is 0.0769. The number of epoxide rings is 1. The predicted octanol–water partition coefficient (Wildman–Crippen LogP) is 4.99. The fourth-order valence-corrected chi connectivity index (χ4v) is 3.02. The third-order valence-corrected chi connectivity index (χ3v) is 5.85. The minimum Gasteiger partial charge on any atom is -0.508 e. The number of para-hydroxylation sites is 3. The Hall–Kier alpha value is -5.43.